The molecule has 51 heavy (non-hydrogen) atoms. The van der Waals surface area contributed by atoms with Crippen LogP contribution in [-0.2, 0) is 17.9 Å². The predicted molar refractivity (Wildman–Crippen MR) is 196 cm³/mol. The lowest BCUT2D eigenvalue weighted by molar-refractivity contribution is -0.142. The molecule has 0 radical (unpaired) electrons. The summed E-state index contributed by atoms with van der Waals surface area (Å²) in [5, 5.41) is 12.8. The topological polar surface area (TPSA) is 126 Å². The number of carbonyl (C=O) groups excluding carboxylic acids is 2. The Bertz CT molecular complexity index is 2170. The Morgan fingerprint density at radius 2 is 1.82 bits per heavy atom. The number of aryl methyl sites for hydroxylation is 2. The van der Waals surface area contributed by atoms with Crippen molar-refractivity contribution >= 4 is 34.2 Å². The number of benzene rings is 1. The second-order valence-electron chi connectivity index (χ2n) is 13.6. The van der Waals surface area contributed by atoms with Gasteiger partial charge in [0, 0.05) is 68.2 Å². The average Bonchev–Trinajstić information content (AvgIpc) is 3.75. The fourth-order valence-electron chi connectivity index (χ4n) is 7.31. The zero-order valence-corrected chi connectivity index (χ0v) is 29.7. The second kappa shape index (κ2) is 14.2. The molecule has 0 spiro atoms. The standard InChI is InChI=1S/C39H41N7O4S/c1-4-5-17-43-18-14-31-34(43)41-25-46(37(31)48)24-39(50)15-20-44(21-16-39)36(47)30-13-19-45(23-32(30)28-9-7-6-8-10-28)38(49)33-27(3)42-35(51-33)29-12-11-26(2)40-22-29/h5-12,14,18,22,25,30,32,50H,1,13,15-17,19-21,23-24H2,2-3H3/t30-,32+/m1/s1. The van der Waals surface area contributed by atoms with Crippen LogP contribution in [0, 0.1) is 19.8 Å². The molecule has 4 aromatic heterocycles. The molecule has 5 aromatic rings. The third-order valence-corrected chi connectivity index (χ3v) is 11.4. The Balaban J connectivity index is 1.04. The monoisotopic (exact) mass is 703 g/mol. The normalized spacial score (nSPS) is 18.8. The van der Waals surface area contributed by atoms with Gasteiger partial charge in [-0.05, 0) is 62.9 Å². The van der Waals surface area contributed by atoms with E-state index in [1.165, 1.54) is 22.2 Å². The van der Waals surface area contributed by atoms with Crippen LogP contribution in [0.25, 0.3) is 21.6 Å². The number of piperidine rings is 2. The molecule has 7 rings (SSSR count). The van der Waals surface area contributed by atoms with Crippen molar-refractivity contribution in [3.05, 3.63) is 118 Å². The molecule has 2 fully saturated rings. The molecule has 2 aliphatic heterocycles. The van der Waals surface area contributed by atoms with Crippen LogP contribution in [0.1, 0.15) is 51.8 Å². The molecule has 0 unspecified atom stereocenters. The number of amides is 2. The molecule has 1 N–H and O–H groups in total. The maximum absolute atomic E-state index is 14.2. The van der Waals surface area contributed by atoms with Crippen LogP contribution in [0.4, 0.5) is 0 Å². The van der Waals surface area contributed by atoms with Crippen molar-refractivity contribution in [3.63, 3.8) is 0 Å². The van der Waals surface area contributed by atoms with Gasteiger partial charge in [0.25, 0.3) is 11.5 Å². The van der Waals surface area contributed by atoms with Gasteiger partial charge in [-0.15, -0.1) is 17.1 Å². The van der Waals surface area contributed by atoms with E-state index in [0.717, 1.165) is 21.8 Å². The van der Waals surface area contributed by atoms with E-state index in [9.17, 15) is 19.5 Å². The van der Waals surface area contributed by atoms with E-state index in [1.807, 2.05) is 70.7 Å². The summed E-state index contributed by atoms with van der Waals surface area (Å²) in [5.74, 6) is -0.527. The molecule has 262 valence electrons. The summed E-state index contributed by atoms with van der Waals surface area (Å²) in [6.07, 6.45) is 8.05. The highest BCUT2D eigenvalue weighted by Crippen LogP contribution is 2.37. The molecule has 2 atom stereocenters. The van der Waals surface area contributed by atoms with Crippen LogP contribution >= 0.6 is 11.3 Å². The van der Waals surface area contributed by atoms with Gasteiger partial charge in [0.15, 0.2) is 0 Å². The van der Waals surface area contributed by atoms with Crippen LogP contribution in [0.15, 0.2) is 90.4 Å². The first kappa shape index (κ1) is 34.3. The zero-order valence-electron chi connectivity index (χ0n) is 28.9. The number of nitrogens with zero attached hydrogens (tertiary/aromatic N) is 7. The molecule has 1 aromatic carbocycles. The van der Waals surface area contributed by atoms with Gasteiger partial charge in [0.2, 0.25) is 5.91 Å². The highest BCUT2D eigenvalue weighted by atomic mass is 32.1. The van der Waals surface area contributed by atoms with Crippen molar-refractivity contribution in [2.45, 2.75) is 57.7 Å². The summed E-state index contributed by atoms with van der Waals surface area (Å²) in [7, 11) is 0. The Morgan fingerprint density at radius 3 is 2.55 bits per heavy atom. The van der Waals surface area contributed by atoms with E-state index in [1.54, 1.807) is 24.5 Å². The fourth-order valence-corrected chi connectivity index (χ4v) is 8.33. The van der Waals surface area contributed by atoms with E-state index >= 15 is 0 Å². The van der Waals surface area contributed by atoms with E-state index < -0.39 is 5.60 Å². The summed E-state index contributed by atoms with van der Waals surface area (Å²) in [4.78, 5) is 59.4. The number of likely N-dealkylation sites (tertiary alicyclic amines) is 2. The van der Waals surface area contributed by atoms with Crippen molar-refractivity contribution in [3.8, 4) is 10.6 Å². The molecule has 12 heteroatoms. The van der Waals surface area contributed by atoms with Gasteiger partial charge >= 0.3 is 0 Å². The highest BCUT2D eigenvalue weighted by molar-refractivity contribution is 7.17. The highest BCUT2D eigenvalue weighted by Gasteiger charge is 2.42. The number of thiazole rings is 1. The Labute approximate surface area is 300 Å². The first-order valence-electron chi connectivity index (χ1n) is 17.3. The minimum Gasteiger partial charge on any atom is -0.388 e. The van der Waals surface area contributed by atoms with Gasteiger partial charge < -0.3 is 19.5 Å². The number of pyridine rings is 1. The van der Waals surface area contributed by atoms with Gasteiger partial charge in [-0.3, -0.25) is 23.9 Å². The third kappa shape index (κ3) is 6.95. The summed E-state index contributed by atoms with van der Waals surface area (Å²) in [5.41, 5.74) is 5.44. The number of aliphatic hydroxyl groups is 1. The predicted octanol–water partition coefficient (Wildman–Crippen LogP) is 4.97. The summed E-state index contributed by atoms with van der Waals surface area (Å²) in [6, 6.07) is 15.6. The number of rotatable bonds is 8. The molecule has 2 amide bonds. The molecular formula is C39H41N7O4S. The van der Waals surface area contributed by atoms with Gasteiger partial charge in [0.05, 0.1) is 23.2 Å². The Morgan fingerprint density at radius 1 is 1.04 bits per heavy atom. The second-order valence-corrected chi connectivity index (χ2v) is 14.6. The van der Waals surface area contributed by atoms with E-state index in [4.69, 9.17) is 4.98 Å². The largest absolute Gasteiger partial charge is 0.388 e. The van der Waals surface area contributed by atoms with Gasteiger partial charge in [-0.2, -0.15) is 0 Å². The molecule has 0 bridgehead atoms. The summed E-state index contributed by atoms with van der Waals surface area (Å²) < 4.78 is 3.32. The number of hydrogen-bond acceptors (Lipinski definition) is 8. The number of carbonyl (C=O) groups is 2. The van der Waals surface area contributed by atoms with Crippen LogP contribution in [0.2, 0.25) is 0 Å². The molecule has 0 saturated carbocycles. The smallest absolute Gasteiger partial charge is 0.265 e. The zero-order chi connectivity index (χ0) is 35.7. The van der Waals surface area contributed by atoms with Crippen LogP contribution in [-0.4, -0.2) is 82.6 Å². The number of allylic oxidation sites excluding steroid dienone is 1. The van der Waals surface area contributed by atoms with E-state index in [0.29, 0.717) is 73.6 Å². The lowest BCUT2D eigenvalue weighted by atomic mass is 9.79. The molecule has 6 heterocycles. The maximum Gasteiger partial charge on any atom is 0.265 e. The third-order valence-electron chi connectivity index (χ3n) is 10.2. The van der Waals surface area contributed by atoms with Crippen LogP contribution < -0.4 is 5.56 Å². The summed E-state index contributed by atoms with van der Waals surface area (Å²) in [6.45, 7) is 9.62. The molecule has 11 nitrogen and oxygen atoms in total. The van der Waals surface area contributed by atoms with Gasteiger partial charge in [-0.25, -0.2) is 9.97 Å². The Hall–Kier alpha value is -5.16. The number of fused-ring (bicyclic) bond motifs is 1. The average molecular weight is 704 g/mol. The molecule has 2 aliphatic rings. The first-order chi connectivity index (χ1) is 24.6. The van der Waals surface area contributed by atoms with E-state index in [-0.39, 0.29) is 35.8 Å². The molecular weight excluding hydrogens is 663 g/mol. The van der Waals surface area contributed by atoms with Crippen molar-refractivity contribution in [1.82, 2.24) is 33.9 Å². The fraction of sp³-hybridized carbons (Fsp3) is 0.359. The van der Waals surface area contributed by atoms with Gasteiger partial charge in [0.1, 0.15) is 21.9 Å². The van der Waals surface area contributed by atoms with Crippen molar-refractivity contribution in [2.75, 3.05) is 26.2 Å². The SMILES string of the molecule is C=C=CCn1ccc2c(=O)n(CC3(O)CCN(C(=O)[C@@H]4CCN(C(=O)c5sc(-c6ccc(C)nc6)nc5C)C[C@H]4c4ccccc4)CC3)cnc21. The van der Waals surface area contributed by atoms with Gasteiger partial charge in [-0.1, -0.05) is 36.9 Å². The molecule has 2 saturated heterocycles. The quantitative estimate of drug-likeness (QED) is 0.226. The van der Waals surface area contributed by atoms with Crippen molar-refractivity contribution in [1.29, 1.82) is 0 Å². The van der Waals surface area contributed by atoms with Crippen LogP contribution in [0.3, 0.4) is 0 Å². The Kier molecular flexibility index (Phi) is 9.56. The van der Waals surface area contributed by atoms with Crippen LogP contribution in [0.5, 0.6) is 0 Å². The lowest BCUT2D eigenvalue weighted by Gasteiger charge is -2.43. The lowest BCUT2D eigenvalue weighted by Crippen LogP contribution is -2.53. The minimum atomic E-state index is -1.15. The summed E-state index contributed by atoms with van der Waals surface area (Å²) >= 11 is 1.38. The molecule has 0 aliphatic carbocycles. The maximum atomic E-state index is 14.2. The minimum absolute atomic E-state index is 0.0382. The van der Waals surface area contributed by atoms with E-state index in [2.05, 4.69) is 22.3 Å². The first-order valence-corrected chi connectivity index (χ1v) is 18.1. The van der Waals surface area contributed by atoms with Crippen molar-refractivity contribution in [2.24, 2.45) is 5.92 Å². The number of aromatic nitrogens is 5. The number of hydrogen-bond donors (Lipinski definition) is 1. The van der Waals surface area contributed by atoms with Crippen molar-refractivity contribution < 1.29 is 14.7 Å².